The van der Waals surface area contributed by atoms with Crippen LogP contribution in [-0.2, 0) is 18.5 Å². The summed E-state index contributed by atoms with van der Waals surface area (Å²) in [4.78, 5) is 12.0. The molecule has 0 atom stereocenters. The van der Waals surface area contributed by atoms with E-state index in [4.69, 9.17) is 4.74 Å². The molecule has 7 nitrogen and oxygen atoms in total. The molecule has 8 heteroatoms. The molecule has 0 aromatic carbocycles. The van der Waals surface area contributed by atoms with Crippen LogP contribution in [0.5, 0.6) is 0 Å². The maximum absolute atomic E-state index is 12.0. The van der Waals surface area contributed by atoms with Gasteiger partial charge in [0.15, 0.2) is 0 Å². The topological polar surface area (TPSA) is 74.0 Å². The van der Waals surface area contributed by atoms with Crippen molar-refractivity contribution in [3.63, 3.8) is 0 Å². The summed E-state index contributed by atoms with van der Waals surface area (Å²) >= 11 is 2.07. The smallest absolute Gasteiger partial charge is 0.275 e. The number of nitrogens with one attached hydrogen (secondary N) is 1. The minimum absolute atomic E-state index is 0.212. The highest BCUT2D eigenvalue weighted by atomic mass is 127. The number of halogens is 1. The van der Waals surface area contributed by atoms with Gasteiger partial charge in [0, 0.05) is 14.2 Å². The van der Waals surface area contributed by atoms with Crippen molar-refractivity contribution < 1.29 is 9.53 Å². The minimum Gasteiger partial charge on any atom is -0.362 e. The van der Waals surface area contributed by atoms with Gasteiger partial charge in [0.05, 0.1) is 27.8 Å². The molecule has 1 amide bonds. The monoisotopic (exact) mass is 361 g/mol. The minimum atomic E-state index is -0.212. The first-order valence-electron chi connectivity index (χ1n) is 5.12. The van der Waals surface area contributed by atoms with Gasteiger partial charge in [0.1, 0.15) is 12.4 Å². The molecular formula is C10H12IN5O2. The zero-order chi connectivity index (χ0) is 13.1. The summed E-state index contributed by atoms with van der Waals surface area (Å²) < 4.78 is 8.86. The Bertz CT molecular complexity index is 543. The van der Waals surface area contributed by atoms with E-state index in [1.165, 1.54) is 4.68 Å². The first-order valence-corrected chi connectivity index (χ1v) is 6.20. The number of aryl methyl sites for hydroxylation is 1. The van der Waals surface area contributed by atoms with Crippen molar-refractivity contribution in [2.24, 2.45) is 7.05 Å². The number of carbonyl (C=O) groups excluding carboxylic acids is 1. The number of ether oxygens (including phenoxy) is 1. The molecule has 0 aliphatic carbocycles. The fourth-order valence-electron chi connectivity index (χ4n) is 1.49. The number of hydrogen-bond acceptors (Lipinski definition) is 4. The summed E-state index contributed by atoms with van der Waals surface area (Å²) in [6.45, 7) is 0.346. The van der Waals surface area contributed by atoms with Crippen LogP contribution in [-0.4, -0.2) is 32.6 Å². The second-order valence-electron chi connectivity index (χ2n) is 3.61. The Hall–Kier alpha value is -1.42. The quantitative estimate of drug-likeness (QED) is 0.828. The maximum Gasteiger partial charge on any atom is 0.275 e. The highest BCUT2D eigenvalue weighted by molar-refractivity contribution is 14.1. The zero-order valence-electron chi connectivity index (χ0n) is 9.92. The van der Waals surface area contributed by atoms with Gasteiger partial charge in [-0.25, -0.2) is 4.68 Å². The van der Waals surface area contributed by atoms with Gasteiger partial charge < -0.3 is 10.1 Å². The van der Waals surface area contributed by atoms with E-state index in [-0.39, 0.29) is 5.91 Å². The molecule has 1 N–H and O–H groups in total. The molecule has 2 aromatic rings. The van der Waals surface area contributed by atoms with E-state index in [1.54, 1.807) is 37.4 Å². The molecule has 0 saturated heterocycles. The number of amides is 1. The summed E-state index contributed by atoms with van der Waals surface area (Å²) in [6, 6.07) is 0. The summed E-state index contributed by atoms with van der Waals surface area (Å²) in [5.74, 6) is -0.212. The highest BCUT2D eigenvalue weighted by Crippen LogP contribution is 2.13. The van der Waals surface area contributed by atoms with Crippen LogP contribution in [0.3, 0.4) is 0 Å². The molecule has 18 heavy (non-hydrogen) atoms. The predicted octanol–water partition coefficient (Wildman–Crippen LogP) is 1.08. The Morgan fingerprint density at radius 1 is 1.50 bits per heavy atom. The van der Waals surface area contributed by atoms with E-state index in [1.807, 2.05) is 0 Å². The van der Waals surface area contributed by atoms with Crippen molar-refractivity contribution >= 4 is 34.2 Å². The van der Waals surface area contributed by atoms with E-state index in [9.17, 15) is 4.79 Å². The molecule has 0 fully saturated rings. The predicted molar refractivity (Wildman–Crippen MR) is 73.1 cm³/mol. The van der Waals surface area contributed by atoms with Gasteiger partial charge in [-0.15, -0.1) is 0 Å². The lowest BCUT2D eigenvalue weighted by molar-refractivity contribution is 0.101. The summed E-state index contributed by atoms with van der Waals surface area (Å²) in [6.07, 6.45) is 4.91. The van der Waals surface area contributed by atoms with Crippen LogP contribution >= 0.6 is 22.6 Å². The van der Waals surface area contributed by atoms with Crippen LogP contribution in [0, 0.1) is 3.57 Å². The van der Waals surface area contributed by atoms with E-state index in [0.717, 1.165) is 3.57 Å². The number of hydrogen-bond donors (Lipinski definition) is 1. The van der Waals surface area contributed by atoms with Gasteiger partial charge >= 0.3 is 0 Å². The third-order valence-electron chi connectivity index (χ3n) is 2.26. The van der Waals surface area contributed by atoms with Gasteiger partial charge in [-0.05, 0) is 22.6 Å². The van der Waals surface area contributed by atoms with E-state index < -0.39 is 0 Å². The van der Waals surface area contributed by atoms with Gasteiger partial charge in [-0.2, -0.15) is 10.2 Å². The number of nitrogens with zero attached hydrogens (tertiary/aromatic N) is 4. The largest absolute Gasteiger partial charge is 0.362 e. The molecule has 0 spiro atoms. The second-order valence-corrected chi connectivity index (χ2v) is 4.77. The molecule has 0 radical (unpaired) electrons. The third-order valence-corrected chi connectivity index (χ3v) is 3.05. The average molecular weight is 361 g/mol. The van der Waals surface area contributed by atoms with Crippen molar-refractivity contribution in [1.82, 2.24) is 19.6 Å². The molecule has 2 heterocycles. The van der Waals surface area contributed by atoms with Crippen molar-refractivity contribution in [3.05, 3.63) is 27.9 Å². The van der Waals surface area contributed by atoms with Gasteiger partial charge in [0.25, 0.3) is 5.91 Å². The number of methoxy groups -OCH3 is 1. The van der Waals surface area contributed by atoms with Crippen LogP contribution in [0.2, 0.25) is 0 Å². The molecular weight excluding hydrogens is 349 g/mol. The first kappa shape index (κ1) is 13.0. The van der Waals surface area contributed by atoms with Crippen LogP contribution in [0.1, 0.15) is 10.5 Å². The van der Waals surface area contributed by atoms with E-state index >= 15 is 0 Å². The Morgan fingerprint density at radius 3 is 2.89 bits per heavy atom. The van der Waals surface area contributed by atoms with Gasteiger partial charge in [-0.3, -0.25) is 9.48 Å². The number of anilines is 1. The van der Waals surface area contributed by atoms with Crippen LogP contribution in [0.25, 0.3) is 0 Å². The standard InChI is InChI=1S/C10H12IN5O2/c1-15-9(8(11)4-12-15)10(17)14-7-3-13-16(5-7)6-18-2/h3-5H,6H2,1-2H3,(H,14,17). The molecule has 0 aliphatic rings. The lowest BCUT2D eigenvalue weighted by atomic mass is 10.4. The Balaban J connectivity index is 2.11. The zero-order valence-corrected chi connectivity index (χ0v) is 12.1. The molecule has 0 saturated carbocycles. The molecule has 2 aromatic heterocycles. The Morgan fingerprint density at radius 2 is 2.28 bits per heavy atom. The van der Waals surface area contributed by atoms with Crippen LogP contribution in [0.15, 0.2) is 18.6 Å². The van der Waals surface area contributed by atoms with Crippen molar-refractivity contribution in [3.8, 4) is 0 Å². The Kier molecular flexibility index (Phi) is 3.97. The number of aromatic nitrogens is 4. The molecule has 96 valence electrons. The first-order chi connectivity index (χ1) is 8.61. The van der Waals surface area contributed by atoms with E-state index in [0.29, 0.717) is 18.1 Å². The maximum atomic E-state index is 12.0. The normalized spacial score (nSPS) is 10.6. The lowest BCUT2D eigenvalue weighted by Crippen LogP contribution is -2.17. The molecule has 0 unspecified atom stereocenters. The molecule has 2 rings (SSSR count). The molecule has 0 bridgehead atoms. The van der Waals surface area contributed by atoms with Crippen molar-refractivity contribution in [2.75, 3.05) is 12.4 Å². The van der Waals surface area contributed by atoms with Crippen LogP contribution < -0.4 is 5.32 Å². The summed E-state index contributed by atoms with van der Waals surface area (Å²) in [5.41, 5.74) is 1.14. The highest BCUT2D eigenvalue weighted by Gasteiger charge is 2.15. The fourth-order valence-corrected chi connectivity index (χ4v) is 2.21. The second kappa shape index (κ2) is 5.48. The number of rotatable bonds is 4. The SMILES string of the molecule is COCn1cc(NC(=O)c2c(I)cnn2C)cn1. The van der Waals surface area contributed by atoms with Gasteiger partial charge in [-0.1, -0.05) is 0 Å². The van der Waals surface area contributed by atoms with Crippen molar-refractivity contribution in [2.45, 2.75) is 6.73 Å². The fraction of sp³-hybridized carbons (Fsp3) is 0.300. The molecule has 0 aliphatic heterocycles. The number of carbonyl (C=O) groups is 1. The van der Waals surface area contributed by atoms with Gasteiger partial charge in [0.2, 0.25) is 0 Å². The summed E-state index contributed by atoms with van der Waals surface area (Å²) in [5, 5.41) is 10.8. The lowest BCUT2D eigenvalue weighted by Gasteiger charge is -2.03. The van der Waals surface area contributed by atoms with E-state index in [2.05, 4.69) is 38.1 Å². The third kappa shape index (κ3) is 2.70. The van der Waals surface area contributed by atoms with Crippen LogP contribution in [0.4, 0.5) is 5.69 Å². The Labute approximate surface area is 117 Å². The summed E-state index contributed by atoms with van der Waals surface area (Å²) in [7, 11) is 3.31. The van der Waals surface area contributed by atoms with Crippen molar-refractivity contribution in [1.29, 1.82) is 0 Å². The average Bonchev–Trinajstić information content (AvgIpc) is 2.87.